The van der Waals surface area contributed by atoms with Crippen molar-refractivity contribution in [3.63, 3.8) is 0 Å². The molecule has 0 bridgehead atoms. The van der Waals surface area contributed by atoms with Crippen LogP contribution in [0.25, 0.3) is 0 Å². The summed E-state index contributed by atoms with van der Waals surface area (Å²) in [5.41, 5.74) is 0.821. The average molecular weight is 286 g/mol. The standard InChI is InChI=1S/C13H17NO4S/c1-9(16)14-11(13(17)18)8-19-12(7-15)10-5-3-2-4-6-10/h2-6,11-12,15H,7-8H2,1H3,(H,14,16)(H,17,18)/t11-,12?/m0/s1/i1D3. The van der Waals surface area contributed by atoms with Gasteiger partial charge in [-0.2, -0.15) is 0 Å². The zero-order chi connectivity index (χ0) is 16.8. The number of carbonyl (C=O) groups is 2. The highest BCUT2D eigenvalue weighted by atomic mass is 32.2. The summed E-state index contributed by atoms with van der Waals surface area (Å²) >= 11 is 1.13. The predicted molar refractivity (Wildman–Crippen MR) is 74.0 cm³/mol. The normalized spacial score (nSPS) is 16.6. The molecule has 104 valence electrons. The lowest BCUT2D eigenvalue weighted by Gasteiger charge is -2.18. The number of aliphatic carboxylic acids is 1. The molecule has 1 aromatic rings. The zero-order valence-corrected chi connectivity index (χ0v) is 10.9. The molecule has 6 heteroatoms. The number of thioether (sulfide) groups is 1. The fourth-order valence-electron chi connectivity index (χ4n) is 1.47. The van der Waals surface area contributed by atoms with Gasteiger partial charge in [-0.3, -0.25) is 4.79 Å². The number of carboxylic acids is 1. The molecule has 0 aromatic heterocycles. The number of nitrogens with one attached hydrogen (secondary N) is 1. The Morgan fingerprint density at radius 3 is 2.63 bits per heavy atom. The molecule has 0 fully saturated rings. The van der Waals surface area contributed by atoms with Crippen molar-refractivity contribution in [2.75, 3.05) is 12.4 Å². The maximum atomic E-state index is 11.4. The molecule has 19 heavy (non-hydrogen) atoms. The van der Waals surface area contributed by atoms with Gasteiger partial charge in [-0.05, 0) is 5.56 Å². The third-order valence-corrected chi connectivity index (χ3v) is 3.75. The third kappa shape index (κ3) is 5.32. The molecule has 1 unspecified atom stereocenters. The van der Waals surface area contributed by atoms with Crippen LogP contribution in [0.4, 0.5) is 0 Å². The molecule has 1 rings (SSSR count). The second-order valence-corrected chi connectivity index (χ2v) is 5.02. The van der Waals surface area contributed by atoms with Crippen molar-refractivity contribution in [1.29, 1.82) is 0 Å². The van der Waals surface area contributed by atoms with Crippen LogP contribution in [-0.4, -0.2) is 40.5 Å². The molecule has 5 nitrogen and oxygen atoms in total. The monoisotopic (exact) mass is 286 g/mol. The van der Waals surface area contributed by atoms with Crippen LogP contribution in [0.1, 0.15) is 21.8 Å². The highest BCUT2D eigenvalue weighted by molar-refractivity contribution is 7.99. The van der Waals surface area contributed by atoms with Gasteiger partial charge in [-0.15, -0.1) is 11.8 Å². The molecule has 0 radical (unpaired) electrons. The van der Waals surface area contributed by atoms with Gasteiger partial charge in [0.15, 0.2) is 0 Å². The summed E-state index contributed by atoms with van der Waals surface area (Å²) in [6.45, 7) is -3.09. The molecule has 0 aliphatic carbocycles. The van der Waals surface area contributed by atoms with Gasteiger partial charge in [-0.25, -0.2) is 4.79 Å². The van der Waals surface area contributed by atoms with E-state index >= 15 is 0 Å². The molecule has 0 aliphatic heterocycles. The number of aliphatic hydroxyl groups excluding tert-OH is 1. The summed E-state index contributed by atoms with van der Waals surface area (Å²) in [5.74, 6) is -2.69. The summed E-state index contributed by atoms with van der Waals surface area (Å²) in [5, 5.41) is 20.1. The predicted octanol–water partition coefficient (Wildman–Crippen LogP) is 1.04. The molecular weight excluding hydrogens is 266 g/mol. The van der Waals surface area contributed by atoms with Crippen molar-refractivity contribution in [2.24, 2.45) is 0 Å². The van der Waals surface area contributed by atoms with E-state index in [0.717, 1.165) is 17.3 Å². The van der Waals surface area contributed by atoms with Crippen LogP contribution in [0.2, 0.25) is 0 Å². The Kier molecular flexibility index (Phi) is 4.65. The lowest BCUT2D eigenvalue weighted by atomic mass is 10.2. The van der Waals surface area contributed by atoms with Crippen molar-refractivity contribution in [3.05, 3.63) is 35.9 Å². The van der Waals surface area contributed by atoms with E-state index in [0.29, 0.717) is 0 Å². The molecule has 0 heterocycles. The first-order chi connectivity index (χ1) is 10.3. The number of benzene rings is 1. The number of carbonyl (C=O) groups excluding carboxylic acids is 1. The number of hydrogen-bond donors (Lipinski definition) is 3. The number of aliphatic hydroxyl groups is 1. The zero-order valence-electron chi connectivity index (χ0n) is 13.1. The number of hydrogen-bond acceptors (Lipinski definition) is 4. The van der Waals surface area contributed by atoms with Crippen molar-refractivity contribution in [1.82, 2.24) is 5.32 Å². The minimum Gasteiger partial charge on any atom is -0.480 e. The Morgan fingerprint density at radius 1 is 1.42 bits per heavy atom. The summed E-state index contributed by atoms with van der Waals surface area (Å²) < 4.78 is 20.8. The van der Waals surface area contributed by atoms with Gasteiger partial charge < -0.3 is 15.5 Å². The van der Waals surface area contributed by atoms with E-state index in [1.165, 1.54) is 0 Å². The Bertz CT molecular complexity index is 510. The van der Waals surface area contributed by atoms with Crippen LogP contribution in [0.5, 0.6) is 0 Å². The summed E-state index contributed by atoms with van der Waals surface area (Å²) in [7, 11) is 0. The molecule has 3 N–H and O–H groups in total. The van der Waals surface area contributed by atoms with Gasteiger partial charge in [0.25, 0.3) is 0 Å². The van der Waals surface area contributed by atoms with Crippen LogP contribution in [0, 0.1) is 0 Å². The molecule has 1 aromatic carbocycles. The Morgan fingerprint density at radius 2 is 2.11 bits per heavy atom. The fourth-order valence-corrected chi connectivity index (χ4v) is 2.57. The first-order valence-corrected chi connectivity index (χ1v) is 6.61. The Labute approximate surface area is 120 Å². The van der Waals surface area contributed by atoms with Gasteiger partial charge in [0.1, 0.15) is 6.04 Å². The number of carboxylic acid groups (broad SMARTS) is 1. The van der Waals surface area contributed by atoms with Gasteiger partial charge in [-0.1, -0.05) is 30.3 Å². The molecule has 0 spiro atoms. The van der Waals surface area contributed by atoms with Crippen molar-refractivity contribution in [3.8, 4) is 0 Å². The molecule has 2 atom stereocenters. The maximum absolute atomic E-state index is 11.4. The largest absolute Gasteiger partial charge is 0.480 e. The molecular formula is C13H17NO4S. The van der Waals surface area contributed by atoms with Crippen LogP contribution >= 0.6 is 11.8 Å². The maximum Gasteiger partial charge on any atom is 0.327 e. The van der Waals surface area contributed by atoms with E-state index < -0.39 is 24.8 Å². The van der Waals surface area contributed by atoms with Gasteiger partial charge >= 0.3 is 5.97 Å². The van der Waals surface area contributed by atoms with Gasteiger partial charge in [0, 0.05) is 16.7 Å². The van der Waals surface area contributed by atoms with E-state index in [-0.39, 0.29) is 17.6 Å². The van der Waals surface area contributed by atoms with Gasteiger partial charge in [0.05, 0.1) is 11.9 Å². The molecule has 0 saturated carbocycles. The Hall–Kier alpha value is -1.53. The highest BCUT2D eigenvalue weighted by Crippen LogP contribution is 2.28. The van der Waals surface area contributed by atoms with Crippen molar-refractivity contribution < 1.29 is 23.9 Å². The topological polar surface area (TPSA) is 86.6 Å². The fraction of sp³-hybridized carbons (Fsp3) is 0.385. The van der Waals surface area contributed by atoms with Crippen molar-refractivity contribution >= 4 is 23.6 Å². The lowest BCUT2D eigenvalue weighted by molar-refractivity contribution is -0.140. The van der Waals surface area contributed by atoms with Crippen LogP contribution in [-0.2, 0) is 9.59 Å². The first kappa shape index (κ1) is 11.3. The average Bonchev–Trinajstić information content (AvgIpc) is 2.46. The van der Waals surface area contributed by atoms with E-state index in [1.54, 1.807) is 24.3 Å². The van der Waals surface area contributed by atoms with Crippen LogP contribution in [0.3, 0.4) is 0 Å². The third-order valence-electron chi connectivity index (χ3n) is 2.40. The first-order valence-electron chi connectivity index (χ1n) is 7.07. The summed E-state index contributed by atoms with van der Waals surface area (Å²) in [6, 6.07) is 7.66. The number of rotatable bonds is 7. The molecule has 0 saturated heterocycles. The quantitative estimate of drug-likeness (QED) is 0.697. The highest BCUT2D eigenvalue weighted by Gasteiger charge is 2.21. The van der Waals surface area contributed by atoms with Gasteiger partial charge in [0.2, 0.25) is 5.91 Å². The molecule has 0 aliphatic rings. The van der Waals surface area contributed by atoms with Crippen LogP contribution in [0.15, 0.2) is 30.3 Å². The number of amides is 1. The SMILES string of the molecule is [2H]C([2H])([2H])C(=O)N[C@@H](CSC(CO)c1ccccc1)C(=O)O. The molecule has 1 amide bonds. The van der Waals surface area contributed by atoms with Crippen molar-refractivity contribution in [2.45, 2.75) is 18.1 Å². The van der Waals surface area contributed by atoms with E-state index in [1.807, 2.05) is 11.4 Å². The minimum atomic E-state index is -2.89. The van der Waals surface area contributed by atoms with Crippen LogP contribution < -0.4 is 5.32 Å². The van der Waals surface area contributed by atoms with E-state index in [4.69, 9.17) is 9.22 Å². The van der Waals surface area contributed by atoms with E-state index in [9.17, 15) is 14.7 Å². The second-order valence-electron chi connectivity index (χ2n) is 3.78. The second kappa shape index (κ2) is 7.81. The smallest absolute Gasteiger partial charge is 0.327 e. The lowest BCUT2D eigenvalue weighted by Crippen LogP contribution is -2.41. The summed E-state index contributed by atoms with van der Waals surface area (Å²) in [4.78, 5) is 22.5. The Balaban J connectivity index is 2.68. The van der Waals surface area contributed by atoms with E-state index in [2.05, 4.69) is 0 Å². The minimum absolute atomic E-state index is 0.0583. The summed E-state index contributed by atoms with van der Waals surface area (Å²) in [6.07, 6.45) is 0.